The standard InChI is InChI=1S/C18H20FNO3/c1-12(15-6-4-5-7-16(15)22-2)20-17(18(21)23-3)13-8-10-14(19)11-9-13/h4-12,17,20H,1-3H3/t12-,17-/m0/s1. The highest BCUT2D eigenvalue weighted by atomic mass is 19.1. The van der Waals surface area contributed by atoms with E-state index in [0.717, 1.165) is 11.3 Å². The van der Waals surface area contributed by atoms with Crippen LogP contribution in [-0.4, -0.2) is 20.2 Å². The highest BCUT2D eigenvalue weighted by Crippen LogP contribution is 2.27. The summed E-state index contributed by atoms with van der Waals surface area (Å²) in [4.78, 5) is 12.1. The maximum atomic E-state index is 13.1. The van der Waals surface area contributed by atoms with Crippen LogP contribution in [0.25, 0.3) is 0 Å². The van der Waals surface area contributed by atoms with Crippen molar-refractivity contribution in [2.75, 3.05) is 14.2 Å². The average Bonchev–Trinajstić information content (AvgIpc) is 2.59. The molecule has 0 aromatic heterocycles. The lowest BCUT2D eigenvalue weighted by molar-refractivity contribution is -0.143. The molecule has 0 heterocycles. The topological polar surface area (TPSA) is 47.6 Å². The molecule has 2 aromatic carbocycles. The molecule has 5 heteroatoms. The molecular formula is C18H20FNO3. The molecule has 0 aliphatic carbocycles. The summed E-state index contributed by atoms with van der Waals surface area (Å²) in [7, 11) is 2.93. The van der Waals surface area contributed by atoms with Gasteiger partial charge in [-0.3, -0.25) is 5.32 Å². The third-order valence-electron chi connectivity index (χ3n) is 3.66. The lowest BCUT2D eigenvalue weighted by Gasteiger charge is -2.23. The van der Waals surface area contributed by atoms with E-state index in [0.29, 0.717) is 5.56 Å². The van der Waals surface area contributed by atoms with Crippen LogP contribution in [0.3, 0.4) is 0 Å². The van der Waals surface area contributed by atoms with Gasteiger partial charge in [0.15, 0.2) is 0 Å². The van der Waals surface area contributed by atoms with Crippen LogP contribution in [0.4, 0.5) is 4.39 Å². The van der Waals surface area contributed by atoms with Crippen molar-refractivity contribution in [3.05, 3.63) is 65.5 Å². The Kier molecular flexibility index (Phi) is 5.71. The van der Waals surface area contributed by atoms with Crippen LogP contribution >= 0.6 is 0 Å². The second-order valence-electron chi connectivity index (χ2n) is 5.14. The van der Waals surface area contributed by atoms with Gasteiger partial charge in [-0.15, -0.1) is 0 Å². The summed E-state index contributed by atoms with van der Waals surface area (Å²) in [5, 5.41) is 3.22. The largest absolute Gasteiger partial charge is 0.496 e. The van der Waals surface area contributed by atoms with Crippen LogP contribution < -0.4 is 10.1 Å². The monoisotopic (exact) mass is 317 g/mol. The molecular weight excluding hydrogens is 297 g/mol. The van der Waals surface area contributed by atoms with Crippen molar-refractivity contribution in [1.29, 1.82) is 0 Å². The zero-order valence-corrected chi connectivity index (χ0v) is 13.4. The zero-order valence-electron chi connectivity index (χ0n) is 13.4. The van der Waals surface area contributed by atoms with Crippen LogP contribution in [0, 0.1) is 5.82 Å². The maximum absolute atomic E-state index is 13.1. The van der Waals surface area contributed by atoms with Crippen LogP contribution in [0.2, 0.25) is 0 Å². The number of methoxy groups -OCH3 is 2. The number of carbonyl (C=O) groups excluding carboxylic acids is 1. The van der Waals surface area contributed by atoms with Crippen molar-refractivity contribution in [2.45, 2.75) is 19.0 Å². The number of ether oxygens (including phenoxy) is 2. The van der Waals surface area contributed by atoms with Gasteiger partial charge in [0.25, 0.3) is 0 Å². The van der Waals surface area contributed by atoms with Gasteiger partial charge in [0.05, 0.1) is 14.2 Å². The van der Waals surface area contributed by atoms with E-state index in [1.54, 1.807) is 19.2 Å². The van der Waals surface area contributed by atoms with Crippen molar-refractivity contribution in [2.24, 2.45) is 0 Å². The quantitative estimate of drug-likeness (QED) is 0.830. The molecule has 122 valence electrons. The minimum absolute atomic E-state index is 0.166. The number of hydrogen-bond acceptors (Lipinski definition) is 4. The average molecular weight is 317 g/mol. The molecule has 2 rings (SSSR count). The van der Waals surface area contributed by atoms with Gasteiger partial charge in [0, 0.05) is 11.6 Å². The van der Waals surface area contributed by atoms with E-state index in [2.05, 4.69) is 5.32 Å². The summed E-state index contributed by atoms with van der Waals surface area (Å²) >= 11 is 0. The van der Waals surface area contributed by atoms with Gasteiger partial charge in [0.1, 0.15) is 17.6 Å². The van der Waals surface area contributed by atoms with Crippen LogP contribution in [0.5, 0.6) is 5.75 Å². The highest BCUT2D eigenvalue weighted by Gasteiger charge is 2.24. The predicted octanol–water partition coefficient (Wildman–Crippen LogP) is 3.40. The van der Waals surface area contributed by atoms with Crippen LogP contribution in [-0.2, 0) is 9.53 Å². The molecule has 4 nitrogen and oxygen atoms in total. The number of hydrogen-bond donors (Lipinski definition) is 1. The lowest BCUT2D eigenvalue weighted by Crippen LogP contribution is -2.32. The number of benzene rings is 2. The molecule has 0 spiro atoms. The molecule has 0 unspecified atom stereocenters. The van der Waals surface area contributed by atoms with Crippen LogP contribution in [0.1, 0.15) is 30.1 Å². The molecule has 0 aliphatic rings. The van der Waals surface area contributed by atoms with Crippen molar-refractivity contribution < 1.29 is 18.7 Å². The molecule has 0 aliphatic heterocycles. The molecule has 0 saturated heterocycles. The predicted molar refractivity (Wildman–Crippen MR) is 85.7 cm³/mol. The number of esters is 1. The van der Waals surface area contributed by atoms with Gasteiger partial charge >= 0.3 is 5.97 Å². The van der Waals surface area contributed by atoms with Gasteiger partial charge in [-0.1, -0.05) is 30.3 Å². The van der Waals surface area contributed by atoms with E-state index >= 15 is 0 Å². The zero-order chi connectivity index (χ0) is 16.8. The van der Waals surface area contributed by atoms with E-state index in [1.165, 1.54) is 19.2 Å². The van der Waals surface area contributed by atoms with E-state index < -0.39 is 12.0 Å². The van der Waals surface area contributed by atoms with Gasteiger partial charge in [-0.05, 0) is 30.7 Å². The van der Waals surface area contributed by atoms with Crippen molar-refractivity contribution in [3.8, 4) is 5.75 Å². The van der Waals surface area contributed by atoms with Crippen molar-refractivity contribution in [1.82, 2.24) is 5.32 Å². The highest BCUT2D eigenvalue weighted by molar-refractivity contribution is 5.77. The van der Waals surface area contributed by atoms with Crippen molar-refractivity contribution in [3.63, 3.8) is 0 Å². The number of carbonyl (C=O) groups is 1. The SMILES string of the molecule is COC(=O)[C@@H](N[C@@H](C)c1ccccc1OC)c1ccc(F)cc1. The van der Waals surface area contributed by atoms with Crippen LogP contribution in [0.15, 0.2) is 48.5 Å². The first-order valence-corrected chi connectivity index (χ1v) is 7.29. The Balaban J connectivity index is 2.27. The first-order valence-electron chi connectivity index (χ1n) is 7.29. The van der Waals surface area contributed by atoms with Gasteiger partial charge < -0.3 is 9.47 Å². The Morgan fingerprint density at radius 2 is 1.74 bits per heavy atom. The lowest BCUT2D eigenvalue weighted by atomic mass is 10.0. The summed E-state index contributed by atoms with van der Waals surface area (Å²) in [5.74, 6) is -0.0521. The second-order valence-corrected chi connectivity index (χ2v) is 5.14. The van der Waals surface area contributed by atoms with Crippen molar-refractivity contribution >= 4 is 5.97 Å². The van der Waals surface area contributed by atoms with Gasteiger partial charge in [0.2, 0.25) is 0 Å². The Bertz CT molecular complexity index is 658. The third-order valence-corrected chi connectivity index (χ3v) is 3.66. The molecule has 0 radical (unpaired) electrons. The molecule has 2 aromatic rings. The summed E-state index contributed by atoms with van der Waals surface area (Å²) in [6, 6.07) is 12.5. The smallest absolute Gasteiger partial charge is 0.327 e. The Morgan fingerprint density at radius 1 is 1.09 bits per heavy atom. The first kappa shape index (κ1) is 17.0. The fraction of sp³-hybridized carbons (Fsp3) is 0.278. The van der Waals surface area contributed by atoms with E-state index in [9.17, 15) is 9.18 Å². The minimum atomic E-state index is -0.694. The fourth-order valence-electron chi connectivity index (χ4n) is 2.44. The minimum Gasteiger partial charge on any atom is -0.496 e. The van der Waals surface area contributed by atoms with E-state index in [4.69, 9.17) is 9.47 Å². The summed E-state index contributed by atoms with van der Waals surface area (Å²) in [6.45, 7) is 1.93. The number of para-hydroxylation sites is 1. The first-order chi connectivity index (χ1) is 11.1. The van der Waals surface area contributed by atoms with Gasteiger partial charge in [-0.25, -0.2) is 9.18 Å². The van der Waals surface area contributed by atoms with Gasteiger partial charge in [-0.2, -0.15) is 0 Å². The molecule has 0 saturated carbocycles. The molecule has 0 fully saturated rings. The molecule has 2 atom stereocenters. The van der Waals surface area contributed by atoms with E-state index in [-0.39, 0.29) is 11.9 Å². The molecule has 0 amide bonds. The number of rotatable bonds is 6. The summed E-state index contributed by atoms with van der Waals surface area (Å²) < 4.78 is 23.3. The number of nitrogens with one attached hydrogen (secondary N) is 1. The summed E-state index contributed by atoms with van der Waals surface area (Å²) in [5.41, 5.74) is 1.56. The Labute approximate surface area is 135 Å². The molecule has 1 N–H and O–H groups in total. The van der Waals surface area contributed by atoms with E-state index in [1.807, 2.05) is 31.2 Å². The second kappa shape index (κ2) is 7.74. The molecule has 0 bridgehead atoms. The fourth-order valence-corrected chi connectivity index (χ4v) is 2.44. The Morgan fingerprint density at radius 3 is 2.35 bits per heavy atom. The normalized spacial score (nSPS) is 13.2. The summed E-state index contributed by atoms with van der Waals surface area (Å²) in [6.07, 6.45) is 0. The Hall–Kier alpha value is -2.40. The molecule has 23 heavy (non-hydrogen) atoms. The number of halogens is 1. The third kappa shape index (κ3) is 4.07. The maximum Gasteiger partial charge on any atom is 0.327 e.